The van der Waals surface area contributed by atoms with Crippen LogP contribution in [0.2, 0.25) is 0 Å². The molecule has 0 aromatic heterocycles. The third kappa shape index (κ3) is 3.50. The Labute approximate surface area is 146 Å². The van der Waals surface area contributed by atoms with Gasteiger partial charge in [-0.2, -0.15) is 0 Å². The molecule has 132 valence electrons. The lowest BCUT2D eigenvalue weighted by atomic mass is 9.99. The van der Waals surface area contributed by atoms with Crippen molar-refractivity contribution in [3.8, 4) is 0 Å². The summed E-state index contributed by atoms with van der Waals surface area (Å²) in [6.45, 7) is 11.4. The second kappa shape index (κ2) is 7.24. The van der Waals surface area contributed by atoms with Gasteiger partial charge in [0.05, 0.1) is 12.1 Å². The van der Waals surface area contributed by atoms with Crippen LogP contribution in [0.25, 0.3) is 0 Å². The number of carbonyl (C=O) groups is 1. The largest absolute Gasteiger partial charge is 0.334 e. The van der Waals surface area contributed by atoms with E-state index >= 15 is 0 Å². The minimum Gasteiger partial charge on any atom is -0.334 e. The molecule has 2 unspecified atom stereocenters. The van der Waals surface area contributed by atoms with E-state index in [0.29, 0.717) is 5.91 Å². The Kier molecular flexibility index (Phi) is 5.26. The van der Waals surface area contributed by atoms with Gasteiger partial charge in [0.15, 0.2) is 0 Å². The number of benzene rings is 1. The van der Waals surface area contributed by atoms with Crippen LogP contribution in [0, 0.1) is 13.8 Å². The van der Waals surface area contributed by atoms with E-state index in [0.717, 1.165) is 45.6 Å². The topological polar surface area (TPSA) is 26.8 Å². The zero-order chi connectivity index (χ0) is 17.3. The number of likely N-dealkylation sites (tertiary alicyclic amines) is 1. The van der Waals surface area contributed by atoms with Gasteiger partial charge in [-0.3, -0.25) is 9.69 Å². The Bertz CT molecular complexity index is 593. The van der Waals surface area contributed by atoms with E-state index in [4.69, 9.17) is 0 Å². The summed E-state index contributed by atoms with van der Waals surface area (Å²) in [5.41, 5.74) is 3.94. The Hall–Kier alpha value is -1.39. The number of hydrogen-bond donors (Lipinski definition) is 0. The van der Waals surface area contributed by atoms with Gasteiger partial charge in [0.2, 0.25) is 5.91 Å². The molecule has 1 aromatic rings. The number of likely N-dealkylation sites (N-methyl/N-ethyl adjacent to an activating group) is 1. The minimum absolute atomic E-state index is 0.00848. The standard InChI is InChI=1S/C20H31N3O/c1-15-7-8-18(14-16(15)2)19-6-5-9-23(19)20(24)17(3)22-12-10-21(4)11-13-22/h7-8,14,17,19H,5-6,9-13H2,1-4H3. The third-order valence-corrected chi connectivity index (χ3v) is 5.89. The first-order valence-corrected chi connectivity index (χ1v) is 9.27. The maximum atomic E-state index is 13.1. The molecule has 2 saturated heterocycles. The fourth-order valence-electron chi connectivity index (χ4n) is 3.95. The number of aryl methyl sites for hydroxylation is 2. The Morgan fingerprint density at radius 3 is 2.46 bits per heavy atom. The Balaban J connectivity index is 1.72. The van der Waals surface area contributed by atoms with Gasteiger partial charge in [0.25, 0.3) is 0 Å². The first-order chi connectivity index (χ1) is 11.5. The molecular weight excluding hydrogens is 298 g/mol. The van der Waals surface area contributed by atoms with Crippen molar-refractivity contribution in [1.82, 2.24) is 14.7 Å². The van der Waals surface area contributed by atoms with E-state index in [9.17, 15) is 4.79 Å². The smallest absolute Gasteiger partial charge is 0.240 e. The fraction of sp³-hybridized carbons (Fsp3) is 0.650. The van der Waals surface area contributed by atoms with Crippen molar-refractivity contribution < 1.29 is 4.79 Å². The molecule has 0 spiro atoms. The van der Waals surface area contributed by atoms with Crippen LogP contribution in [0.1, 0.15) is 42.5 Å². The van der Waals surface area contributed by atoms with Crippen LogP contribution in [0.4, 0.5) is 0 Å². The number of piperazine rings is 1. The van der Waals surface area contributed by atoms with Crippen LogP contribution in [0.15, 0.2) is 18.2 Å². The van der Waals surface area contributed by atoms with Crippen molar-refractivity contribution >= 4 is 5.91 Å². The number of carbonyl (C=O) groups excluding carboxylic acids is 1. The van der Waals surface area contributed by atoms with Gasteiger partial charge in [0, 0.05) is 32.7 Å². The highest BCUT2D eigenvalue weighted by atomic mass is 16.2. The highest BCUT2D eigenvalue weighted by Crippen LogP contribution is 2.33. The zero-order valence-corrected chi connectivity index (χ0v) is 15.6. The van der Waals surface area contributed by atoms with Crippen LogP contribution in [0.3, 0.4) is 0 Å². The summed E-state index contributed by atoms with van der Waals surface area (Å²) in [6, 6.07) is 6.92. The summed E-state index contributed by atoms with van der Waals surface area (Å²) in [4.78, 5) is 19.9. The predicted octanol–water partition coefficient (Wildman–Crippen LogP) is 2.60. The normalized spacial score (nSPS) is 24.3. The van der Waals surface area contributed by atoms with E-state index in [1.165, 1.54) is 16.7 Å². The number of hydrogen-bond acceptors (Lipinski definition) is 3. The molecule has 0 N–H and O–H groups in total. The zero-order valence-electron chi connectivity index (χ0n) is 15.6. The van der Waals surface area contributed by atoms with Gasteiger partial charge >= 0.3 is 0 Å². The van der Waals surface area contributed by atoms with Crippen LogP contribution >= 0.6 is 0 Å². The average Bonchev–Trinajstić information content (AvgIpc) is 3.06. The minimum atomic E-state index is -0.00848. The molecule has 4 nitrogen and oxygen atoms in total. The van der Waals surface area contributed by atoms with Crippen molar-refractivity contribution in [2.24, 2.45) is 0 Å². The monoisotopic (exact) mass is 329 g/mol. The predicted molar refractivity (Wildman–Crippen MR) is 98.1 cm³/mol. The molecule has 2 heterocycles. The van der Waals surface area contributed by atoms with Crippen molar-refractivity contribution in [1.29, 1.82) is 0 Å². The van der Waals surface area contributed by atoms with Crippen molar-refractivity contribution in [2.45, 2.75) is 45.7 Å². The molecule has 0 radical (unpaired) electrons. The highest BCUT2D eigenvalue weighted by Gasteiger charge is 2.35. The molecule has 0 bridgehead atoms. The first-order valence-electron chi connectivity index (χ1n) is 9.27. The lowest BCUT2D eigenvalue weighted by molar-refractivity contribution is -0.138. The van der Waals surface area contributed by atoms with Gasteiger partial charge in [0.1, 0.15) is 0 Å². The van der Waals surface area contributed by atoms with Gasteiger partial charge in [-0.05, 0) is 57.4 Å². The lowest BCUT2D eigenvalue weighted by Crippen LogP contribution is -2.53. The molecule has 1 aromatic carbocycles. The van der Waals surface area contributed by atoms with Crippen LogP contribution in [-0.4, -0.2) is 66.4 Å². The van der Waals surface area contributed by atoms with Gasteiger partial charge in [-0.25, -0.2) is 0 Å². The molecule has 2 fully saturated rings. The fourth-order valence-corrected chi connectivity index (χ4v) is 3.95. The summed E-state index contributed by atoms with van der Waals surface area (Å²) in [7, 11) is 2.15. The van der Waals surface area contributed by atoms with Crippen LogP contribution < -0.4 is 0 Å². The first kappa shape index (κ1) is 17.4. The molecular formula is C20H31N3O. The number of amides is 1. The van der Waals surface area contributed by atoms with Crippen molar-refractivity contribution in [2.75, 3.05) is 39.8 Å². The van der Waals surface area contributed by atoms with E-state index in [1.807, 2.05) is 0 Å². The molecule has 4 heteroatoms. The van der Waals surface area contributed by atoms with Crippen LogP contribution in [0.5, 0.6) is 0 Å². The van der Waals surface area contributed by atoms with Crippen molar-refractivity contribution in [3.05, 3.63) is 34.9 Å². The van der Waals surface area contributed by atoms with E-state index in [1.54, 1.807) is 0 Å². The third-order valence-electron chi connectivity index (χ3n) is 5.89. The SMILES string of the molecule is Cc1ccc(C2CCCN2C(=O)C(C)N2CCN(C)CC2)cc1C. The summed E-state index contributed by atoms with van der Waals surface area (Å²) in [5.74, 6) is 0.306. The molecule has 1 amide bonds. The number of rotatable bonds is 3. The summed E-state index contributed by atoms with van der Waals surface area (Å²) in [5, 5.41) is 0. The van der Waals surface area contributed by atoms with Gasteiger partial charge in [-0.15, -0.1) is 0 Å². The van der Waals surface area contributed by atoms with E-state index in [2.05, 4.69) is 60.7 Å². The molecule has 2 aliphatic rings. The van der Waals surface area contributed by atoms with Gasteiger partial charge < -0.3 is 9.80 Å². The number of nitrogens with zero attached hydrogens (tertiary/aromatic N) is 3. The molecule has 24 heavy (non-hydrogen) atoms. The van der Waals surface area contributed by atoms with E-state index in [-0.39, 0.29) is 12.1 Å². The molecule has 2 atom stereocenters. The summed E-state index contributed by atoms with van der Waals surface area (Å²) < 4.78 is 0. The molecule has 3 rings (SSSR count). The Morgan fingerprint density at radius 2 is 1.79 bits per heavy atom. The second-order valence-electron chi connectivity index (χ2n) is 7.55. The average molecular weight is 329 g/mol. The highest BCUT2D eigenvalue weighted by molar-refractivity contribution is 5.82. The van der Waals surface area contributed by atoms with E-state index < -0.39 is 0 Å². The quantitative estimate of drug-likeness (QED) is 0.853. The second-order valence-corrected chi connectivity index (χ2v) is 7.55. The molecule has 2 aliphatic heterocycles. The van der Waals surface area contributed by atoms with Crippen molar-refractivity contribution in [3.63, 3.8) is 0 Å². The summed E-state index contributed by atoms with van der Waals surface area (Å²) in [6.07, 6.45) is 2.20. The summed E-state index contributed by atoms with van der Waals surface area (Å²) >= 11 is 0. The van der Waals surface area contributed by atoms with Crippen LogP contribution in [-0.2, 0) is 4.79 Å². The Morgan fingerprint density at radius 1 is 1.08 bits per heavy atom. The molecule has 0 saturated carbocycles. The maximum absolute atomic E-state index is 13.1. The lowest BCUT2D eigenvalue weighted by Gasteiger charge is -2.38. The maximum Gasteiger partial charge on any atom is 0.240 e. The van der Waals surface area contributed by atoms with Gasteiger partial charge in [-0.1, -0.05) is 18.2 Å². The molecule has 0 aliphatic carbocycles.